The predicted octanol–water partition coefficient (Wildman–Crippen LogP) is 5.74. The molecule has 0 bridgehead atoms. The first-order valence-corrected chi connectivity index (χ1v) is 12.1. The average Bonchev–Trinajstić information content (AvgIpc) is 3.46. The number of aliphatic imine (C=N–C) groups is 1. The first-order chi connectivity index (χ1) is 17.1. The van der Waals surface area contributed by atoms with Crippen LogP contribution in [-0.4, -0.2) is 39.6 Å². The molecule has 1 aliphatic heterocycles. The van der Waals surface area contributed by atoms with Gasteiger partial charge in [0.1, 0.15) is 0 Å². The van der Waals surface area contributed by atoms with E-state index in [-0.39, 0.29) is 5.91 Å². The number of amides is 1. The second-order valence-electron chi connectivity index (χ2n) is 8.31. The fraction of sp³-hybridized carbons (Fsp3) is 0.107. The van der Waals surface area contributed by atoms with Gasteiger partial charge < -0.3 is 9.47 Å². The molecule has 7 heteroatoms. The lowest BCUT2D eigenvalue weighted by Gasteiger charge is -2.15. The van der Waals surface area contributed by atoms with Crippen molar-refractivity contribution in [1.29, 1.82) is 0 Å². The van der Waals surface area contributed by atoms with E-state index in [4.69, 9.17) is 4.99 Å². The van der Waals surface area contributed by atoms with Gasteiger partial charge in [-0.1, -0.05) is 24.3 Å². The third-order valence-electron chi connectivity index (χ3n) is 5.64. The number of pyridine rings is 1. The number of nitrogens with zero attached hydrogens (tertiary/aromatic N) is 5. The molecule has 0 radical (unpaired) electrons. The molecule has 0 unspecified atom stereocenters. The minimum atomic E-state index is -0.0655. The maximum Gasteiger partial charge on any atom is 0.267 e. The van der Waals surface area contributed by atoms with Gasteiger partial charge >= 0.3 is 0 Å². The van der Waals surface area contributed by atoms with Gasteiger partial charge in [0.05, 0.1) is 17.1 Å². The van der Waals surface area contributed by atoms with Crippen LogP contribution in [-0.2, 0) is 11.3 Å². The molecular weight excluding hydrogens is 454 g/mol. The molecule has 0 N–H and O–H groups in total. The highest BCUT2D eigenvalue weighted by atomic mass is 32.2. The number of carbonyl (C=O) groups excluding carboxylic acids is 1. The number of hydrogen-bond acceptors (Lipinski definition) is 5. The van der Waals surface area contributed by atoms with Crippen molar-refractivity contribution in [3.8, 4) is 5.69 Å². The van der Waals surface area contributed by atoms with Crippen LogP contribution in [0.15, 0.2) is 107 Å². The first-order valence-electron chi connectivity index (χ1n) is 11.3. The van der Waals surface area contributed by atoms with Crippen LogP contribution in [0.3, 0.4) is 0 Å². The molecule has 2 aromatic heterocycles. The molecule has 4 aromatic rings. The highest BCUT2D eigenvalue weighted by Gasteiger charge is 2.33. The summed E-state index contributed by atoms with van der Waals surface area (Å²) in [4.78, 5) is 26.9. The largest absolute Gasteiger partial charge is 0.378 e. The van der Waals surface area contributed by atoms with Crippen molar-refractivity contribution in [2.45, 2.75) is 6.54 Å². The molecule has 5 rings (SSSR count). The van der Waals surface area contributed by atoms with Crippen LogP contribution in [0.25, 0.3) is 11.8 Å². The molecule has 1 aliphatic rings. The minimum Gasteiger partial charge on any atom is -0.378 e. The van der Waals surface area contributed by atoms with Gasteiger partial charge in [-0.15, -0.1) is 0 Å². The summed E-state index contributed by atoms with van der Waals surface area (Å²) in [7, 11) is 4.05. The number of aromatic nitrogens is 2. The lowest BCUT2D eigenvalue weighted by Crippen LogP contribution is -2.28. The van der Waals surface area contributed by atoms with Crippen molar-refractivity contribution >= 4 is 40.3 Å². The highest BCUT2D eigenvalue weighted by molar-refractivity contribution is 8.18. The third kappa shape index (κ3) is 5.05. The molecule has 35 heavy (non-hydrogen) atoms. The molecule has 1 amide bonds. The normalized spacial score (nSPS) is 15.8. The van der Waals surface area contributed by atoms with E-state index >= 15 is 0 Å². The second kappa shape index (κ2) is 10.0. The minimum absolute atomic E-state index is 0.0655. The smallest absolute Gasteiger partial charge is 0.267 e. The molecule has 6 nitrogen and oxygen atoms in total. The summed E-state index contributed by atoms with van der Waals surface area (Å²) in [6, 6.07) is 25.9. The van der Waals surface area contributed by atoms with E-state index in [1.807, 2.05) is 81.0 Å². The maximum atomic E-state index is 13.5. The van der Waals surface area contributed by atoms with E-state index in [9.17, 15) is 4.79 Å². The summed E-state index contributed by atoms with van der Waals surface area (Å²) in [5, 5.41) is 0.657. The predicted molar refractivity (Wildman–Crippen MR) is 144 cm³/mol. The summed E-state index contributed by atoms with van der Waals surface area (Å²) < 4.78 is 2.08. The molecule has 1 fully saturated rings. The Labute approximate surface area is 209 Å². The van der Waals surface area contributed by atoms with Gasteiger partial charge in [0.2, 0.25) is 0 Å². The van der Waals surface area contributed by atoms with Gasteiger partial charge in [-0.05, 0) is 78.0 Å². The molecule has 2 aromatic carbocycles. The summed E-state index contributed by atoms with van der Waals surface area (Å²) in [5.41, 5.74) is 4.86. The van der Waals surface area contributed by atoms with E-state index in [2.05, 4.69) is 38.7 Å². The van der Waals surface area contributed by atoms with E-state index in [1.165, 1.54) is 11.8 Å². The summed E-state index contributed by atoms with van der Waals surface area (Å²) in [6.07, 6.45) is 7.46. The number of hydrogen-bond donors (Lipinski definition) is 0. The quantitative estimate of drug-likeness (QED) is 0.331. The molecule has 174 valence electrons. The molecule has 3 heterocycles. The monoisotopic (exact) mass is 479 g/mol. The van der Waals surface area contributed by atoms with Crippen molar-refractivity contribution in [2.75, 3.05) is 19.0 Å². The summed E-state index contributed by atoms with van der Waals surface area (Å²) in [6.45, 7) is 0.412. The Balaban J connectivity index is 1.49. The summed E-state index contributed by atoms with van der Waals surface area (Å²) in [5.74, 6) is -0.0655. The van der Waals surface area contributed by atoms with E-state index in [1.54, 1.807) is 17.3 Å². The number of para-hydroxylation sites is 1. The number of rotatable bonds is 6. The maximum absolute atomic E-state index is 13.5. The zero-order valence-electron chi connectivity index (χ0n) is 19.6. The number of benzene rings is 2. The third-order valence-corrected chi connectivity index (χ3v) is 6.64. The van der Waals surface area contributed by atoms with Crippen LogP contribution in [0.2, 0.25) is 0 Å². The van der Waals surface area contributed by atoms with Crippen LogP contribution in [0.4, 0.5) is 11.4 Å². The molecule has 0 spiro atoms. The zero-order valence-corrected chi connectivity index (χ0v) is 20.4. The van der Waals surface area contributed by atoms with Gasteiger partial charge in [0, 0.05) is 49.8 Å². The van der Waals surface area contributed by atoms with Gasteiger partial charge in [0.25, 0.3) is 5.91 Å². The standard InChI is InChI=1S/C28H25N5OS/c1-31(2)23-12-14-24(15-13-23)32-17-7-11-25(32)18-26-27(34)33(20-21-8-6-16-29-19-21)28(35-26)30-22-9-4-3-5-10-22/h3-19H,20H2,1-2H3/b26-18-,30-28?. The molecule has 0 atom stereocenters. The average molecular weight is 480 g/mol. The van der Waals surface area contributed by atoms with Gasteiger partial charge in [0.15, 0.2) is 5.17 Å². The summed E-state index contributed by atoms with van der Waals surface area (Å²) >= 11 is 1.40. The van der Waals surface area contributed by atoms with Crippen LogP contribution in [0, 0.1) is 0 Å². The Morgan fingerprint density at radius 1 is 0.971 bits per heavy atom. The van der Waals surface area contributed by atoms with Crippen LogP contribution in [0.5, 0.6) is 0 Å². The van der Waals surface area contributed by atoms with Crippen molar-refractivity contribution in [1.82, 2.24) is 14.5 Å². The van der Waals surface area contributed by atoms with Gasteiger partial charge in [-0.2, -0.15) is 0 Å². The fourth-order valence-electron chi connectivity index (χ4n) is 3.81. The number of anilines is 1. The van der Waals surface area contributed by atoms with Crippen LogP contribution >= 0.6 is 11.8 Å². The molecule has 0 aliphatic carbocycles. The van der Waals surface area contributed by atoms with E-state index in [0.29, 0.717) is 16.6 Å². The number of thioether (sulfide) groups is 1. The first kappa shape index (κ1) is 22.7. The van der Waals surface area contributed by atoms with E-state index in [0.717, 1.165) is 28.3 Å². The molecule has 0 saturated carbocycles. The van der Waals surface area contributed by atoms with Gasteiger partial charge in [-0.3, -0.25) is 14.7 Å². The number of amidine groups is 1. The number of carbonyl (C=O) groups is 1. The Bertz CT molecular complexity index is 1380. The van der Waals surface area contributed by atoms with Crippen LogP contribution < -0.4 is 4.90 Å². The van der Waals surface area contributed by atoms with Crippen molar-refractivity contribution < 1.29 is 4.79 Å². The Morgan fingerprint density at radius 2 is 1.77 bits per heavy atom. The Kier molecular flexibility index (Phi) is 6.50. The Morgan fingerprint density at radius 3 is 2.49 bits per heavy atom. The topological polar surface area (TPSA) is 53.7 Å². The van der Waals surface area contributed by atoms with Crippen molar-refractivity contribution in [2.24, 2.45) is 4.99 Å². The Hall–Kier alpha value is -4.10. The lowest BCUT2D eigenvalue weighted by atomic mass is 10.2. The highest BCUT2D eigenvalue weighted by Crippen LogP contribution is 2.35. The van der Waals surface area contributed by atoms with Crippen molar-refractivity contribution in [3.05, 3.63) is 114 Å². The molecule has 1 saturated heterocycles. The fourth-order valence-corrected chi connectivity index (χ4v) is 4.79. The van der Waals surface area contributed by atoms with Crippen molar-refractivity contribution in [3.63, 3.8) is 0 Å². The second-order valence-corrected chi connectivity index (χ2v) is 9.32. The zero-order chi connectivity index (χ0) is 24.2. The SMILES string of the molecule is CN(C)c1ccc(-n2cccc2/C=C2\SC(=Nc3ccccc3)N(Cc3cccnc3)C2=O)cc1. The van der Waals surface area contributed by atoms with Crippen LogP contribution in [0.1, 0.15) is 11.3 Å². The lowest BCUT2D eigenvalue weighted by molar-refractivity contribution is -0.122. The van der Waals surface area contributed by atoms with E-state index < -0.39 is 0 Å². The molecular formula is C28H25N5OS. The van der Waals surface area contributed by atoms with Gasteiger partial charge in [-0.25, -0.2) is 4.99 Å².